The Morgan fingerprint density at radius 3 is 2.43 bits per heavy atom. The molecule has 0 saturated carbocycles. The second kappa shape index (κ2) is 5.98. The molecule has 23 heavy (non-hydrogen) atoms. The maximum atomic E-state index is 13.9. The number of nitrogens with one attached hydrogen (secondary N) is 1. The molecule has 3 aromatic rings. The number of hydrogen-bond donors (Lipinski definition) is 2. The standard InChI is InChI=1S/C17H14FNO3S/c18-16-7-3-6-14(11-20)17(16)19-23(21,22)15-9-8-12-4-1-2-5-13(12)10-15/h1-10,19-20H,11H2. The summed E-state index contributed by atoms with van der Waals surface area (Å²) >= 11 is 0. The molecule has 2 N–H and O–H groups in total. The smallest absolute Gasteiger partial charge is 0.262 e. The van der Waals surface area contributed by atoms with Crippen LogP contribution in [0.15, 0.2) is 65.6 Å². The van der Waals surface area contributed by atoms with Crippen LogP contribution in [0.4, 0.5) is 10.1 Å². The van der Waals surface area contributed by atoms with E-state index < -0.39 is 22.4 Å². The molecule has 3 rings (SSSR count). The molecule has 6 heteroatoms. The average molecular weight is 331 g/mol. The van der Waals surface area contributed by atoms with Gasteiger partial charge >= 0.3 is 0 Å². The van der Waals surface area contributed by atoms with Crippen LogP contribution >= 0.6 is 0 Å². The molecule has 0 radical (unpaired) electrons. The first-order chi connectivity index (χ1) is 11.0. The van der Waals surface area contributed by atoms with Gasteiger partial charge in [0.1, 0.15) is 5.82 Å². The number of para-hydroxylation sites is 1. The minimum Gasteiger partial charge on any atom is -0.392 e. The molecule has 0 amide bonds. The van der Waals surface area contributed by atoms with Crippen molar-refractivity contribution in [2.45, 2.75) is 11.5 Å². The Labute approximate surface area is 133 Å². The van der Waals surface area contributed by atoms with Gasteiger partial charge in [-0.25, -0.2) is 12.8 Å². The number of aliphatic hydroxyl groups excluding tert-OH is 1. The summed E-state index contributed by atoms with van der Waals surface area (Å²) in [6, 6.07) is 16.0. The quantitative estimate of drug-likeness (QED) is 0.771. The van der Waals surface area contributed by atoms with Crippen LogP contribution in [0.5, 0.6) is 0 Å². The van der Waals surface area contributed by atoms with E-state index in [0.717, 1.165) is 16.8 Å². The van der Waals surface area contributed by atoms with Gasteiger partial charge in [-0.3, -0.25) is 4.72 Å². The highest BCUT2D eigenvalue weighted by Gasteiger charge is 2.18. The normalized spacial score (nSPS) is 11.6. The summed E-state index contributed by atoms with van der Waals surface area (Å²) in [6.07, 6.45) is 0. The molecule has 0 unspecified atom stereocenters. The fourth-order valence-electron chi connectivity index (χ4n) is 2.34. The molecule has 0 aliphatic rings. The van der Waals surface area contributed by atoms with Crippen LogP contribution in [-0.2, 0) is 16.6 Å². The second-order valence-electron chi connectivity index (χ2n) is 5.05. The van der Waals surface area contributed by atoms with Gasteiger partial charge in [0.05, 0.1) is 17.2 Å². The van der Waals surface area contributed by atoms with Crippen molar-refractivity contribution in [2.75, 3.05) is 4.72 Å². The predicted molar refractivity (Wildman–Crippen MR) is 87.1 cm³/mol. The van der Waals surface area contributed by atoms with E-state index in [4.69, 9.17) is 0 Å². The number of aliphatic hydroxyl groups is 1. The summed E-state index contributed by atoms with van der Waals surface area (Å²) < 4.78 is 41.1. The lowest BCUT2D eigenvalue weighted by Gasteiger charge is -2.12. The summed E-state index contributed by atoms with van der Waals surface area (Å²) in [6.45, 7) is -0.465. The summed E-state index contributed by atoms with van der Waals surface area (Å²) in [5.74, 6) is -0.735. The van der Waals surface area contributed by atoms with Crippen LogP contribution in [-0.4, -0.2) is 13.5 Å². The number of sulfonamides is 1. The van der Waals surface area contributed by atoms with Crippen LogP contribution in [0.2, 0.25) is 0 Å². The van der Waals surface area contributed by atoms with Crippen LogP contribution < -0.4 is 4.72 Å². The summed E-state index contributed by atoms with van der Waals surface area (Å²) in [7, 11) is -3.96. The number of fused-ring (bicyclic) bond motifs is 1. The maximum absolute atomic E-state index is 13.9. The van der Waals surface area contributed by atoms with E-state index in [-0.39, 0.29) is 16.1 Å². The minimum atomic E-state index is -3.96. The van der Waals surface area contributed by atoms with Gasteiger partial charge in [0.25, 0.3) is 10.0 Å². The highest BCUT2D eigenvalue weighted by atomic mass is 32.2. The topological polar surface area (TPSA) is 66.4 Å². The van der Waals surface area contributed by atoms with Crippen LogP contribution in [0, 0.1) is 5.82 Å². The molecule has 0 fully saturated rings. The van der Waals surface area contributed by atoms with Crippen molar-refractivity contribution in [3.8, 4) is 0 Å². The first kappa shape index (κ1) is 15.5. The molecule has 0 saturated heterocycles. The highest BCUT2D eigenvalue weighted by Crippen LogP contribution is 2.25. The van der Waals surface area contributed by atoms with Gasteiger partial charge in [-0.1, -0.05) is 42.5 Å². The zero-order chi connectivity index (χ0) is 16.4. The molecule has 0 spiro atoms. The van der Waals surface area contributed by atoms with Gasteiger partial charge < -0.3 is 5.11 Å². The average Bonchev–Trinajstić information content (AvgIpc) is 2.56. The van der Waals surface area contributed by atoms with E-state index in [1.54, 1.807) is 12.1 Å². The first-order valence-electron chi connectivity index (χ1n) is 6.91. The van der Waals surface area contributed by atoms with Crippen molar-refractivity contribution in [3.63, 3.8) is 0 Å². The van der Waals surface area contributed by atoms with Gasteiger partial charge in [-0.05, 0) is 29.0 Å². The minimum absolute atomic E-state index is 0.0309. The molecular formula is C17H14FNO3S. The maximum Gasteiger partial charge on any atom is 0.262 e. The molecular weight excluding hydrogens is 317 g/mol. The van der Waals surface area contributed by atoms with Crippen molar-refractivity contribution in [1.29, 1.82) is 0 Å². The lowest BCUT2D eigenvalue weighted by molar-refractivity contribution is 0.282. The molecule has 0 atom stereocenters. The van der Waals surface area contributed by atoms with Gasteiger partial charge in [-0.15, -0.1) is 0 Å². The van der Waals surface area contributed by atoms with Crippen LogP contribution in [0.3, 0.4) is 0 Å². The van der Waals surface area contributed by atoms with E-state index in [1.165, 1.54) is 24.3 Å². The van der Waals surface area contributed by atoms with Crippen LogP contribution in [0.25, 0.3) is 10.8 Å². The van der Waals surface area contributed by atoms with Crippen molar-refractivity contribution >= 4 is 26.5 Å². The highest BCUT2D eigenvalue weighted by molar-refractivity contribution is 7.92. The molecule has 0 aliphatic carbocycles. The molecule has 118 valence electrons. The summed E-state index contributed by atoms with van der Waals surface area (Å²) in [4.78, 5) is 0.0309. The van der Waals surface area contributed by atoms with Crippen molar-refractivity contribution in [2.24, 2.45) is 0 Å². The third kappa shape index (κ3) is 3.04. The van der Waals surface area contributed by atoms with E-state index in [9.17, 15) is 17.9 Å². The van der Waals surface area contributed by atoms with Crippen molar-refractivity contribution < 1.29 is 17.9 Å². The number of rotatable bonds is 4. The van der Waals surface area contributed by atoms with E-state index >= 15 is 0 Å². The van der Waals surface area contributed by atoms with Gasteiger partial charge in [0, 0.05) is 5.56 Å². The fourth-order valence-corrected chi connectivity index (χ4v) is 3.49. The third-order valence-corrected chi connectivity index (χ3v) is 4.89. The molecule has 0 bridgehead atoms. The predicted octanol–water partition coefficient (Wildman–Crippen LogP) is 3.27. The van der Waals surface area contributed by atoms with E-state index in [0.29, 0.717) is 0 Å². The molecule has 0 aromatic heterocycles. The Hall–Kier alpha value is -2.44. The van der Waals surface area contributed by atoms with Gasteiger partial charge in [0.2, 0.25) is 0 Å². The largest absolute Gasteiger partial charge is 0.392 e. The van der Waals surface area contributed by atoms with Crippen LogP contribution in [0.1, 0.15) is 5.56 Å². The zero-order valence-corrected chi connectivity index (χ0v) is 12.8. The Kier molecular flexibility index (Phi) is 4.02. The summed E-state index contributed by atoms with van der Waals surface area (Å²) in [5, 5.41) is 10.9. The fraction of sp³-hybridized carbons (Fsp3) is 0.0588. The first-order valence-corrected chi connectivity index (χ1v) is 8.39. The molecule has 0 aliphatic heterocycles. The Morgan fingerprint density at radius 1 is 0.957 bits per heavy atom. The Morgan fingerprint density at radius 2 is 1.70 bits per heavy atom. The molecule has 0 heterocycles. The molecule has 3 aromatic carbocycles. The van der Waals surface area contributed by atoms with Gasteiger partial charge in [0.15, 0.2) is 0 Å². The number of hydrogen-bond acceptors (Lipinski definition) is 3. The number of halogens is 1. The van der Waals surface area contributed by atoms with E-state index in [1.807, 2.05) is 18.2 Å². The Balaban J connectivity index is 2.04. The van der Waals surface area contributed by atoms with E-state index in [2.05, 4.69) is 4.72 Å². The van der Waals surface area contributed by atoms with Crippen molar-refractivity contribution in [3.05, 3.63) is 72.0 Å². The van der Waals surface area contributed by atoms with Crippen molar-refractivity contribution in [1.82, 2.24) is 0 Å². The second-order valence-corrected chi connectivity index (χ2v) is 6.73. The lowest BCUT2D eigenvalue weighted by atomic mass is 10.1. The monoisotopic (exact) mass is 331 g/mol. The zero-order valence-electron chi connectivity index (χ0n) is 12.0. The number of anilines is 1. The third-order valence-electron chi connectivity index (χ3n) is 3.54. The lowest BCUT2D eigenvalue weighted by Crippen LogP contribution is -2.15. The number of benzene rings is 3. The summed E-state index contributed by atoms with van der Waals surface area (Å²) in [5.41, 5.74) is -0.0578. The van der Waals surface area contributed by atoms with Gasteiger partial charge in [-0.2, -0.15) is 0 Å². The molecule has 4 nitrogen and oxygen atoms in total. The Bertz CT molecular complexity index is 970. The SMILES string of the molecule is O=S(=O)(Nc1c(F)cccc1CO)c1ccc2ccccc2c1.